The minimum Gasteiger partial charge on any atom is -0.426 e. The number of ether oxygens (including phenoxy) is 1. The molecule has 0 amide bonds. The molecule has 4 heteroatoms. The number of hydrogen-bond donors (Lipinski definition) is 0. The van der Waals surface area contributed by atoms with Crippen LogP contribution in [0.5, 0.6) is 5.75 Å². The lowest BCUT2D eigenvalue weighted by atomic mass is 10.1. The standard InChI is InChI=1S/C10H9BrO3/c1-7(12)14-10-5-3-2-4-8(10)9(13)6-11/h2-5H,6H2,1H3. The molecule has 0 N–H and O–H groups in total. The number of hydrogen-bond acceptors (Lipinski definition) is 3. The fraction of sp³-hybridized carbons (Fsp3) is 0.200. The van der Waals surface area contributed by atoms with Gasteiger partial charge < -0.3 is 4.74 Å². The summed E-state index contributed by atoms with van der Waals surface area (Å²) in [6.07, 6.45) is 0. The zero-order valence-electron chi connectivity index (χ0n) is 7.62. The number of halogens is 1. The van der Waals surface area contributed by atoms with Gasteiger partial charge >= 0.3 is 5.97 Å². The summed E-state index contributed by atoms with van der Waals surface area (Å²) in [5.74, 6) is -0.230. The molecule has 0 fully saturated rings. The van der Waals surface area contributed by atoms with E-state index in [0.717, 1.165) is 0 Å². The highest BCUT2D eigenvalue weighted by molar-refractivity contribution is 9.09. The van der Waals surface area contributed by atoms with Crippen LogP contribution in [0.3, 0.4) is 0 Å². The van der Waals surface area contributed by atoms with E-state index in [9.17, 15) is 9.59 Å². The van der Waals surface area contributed by atoms with Gasteiger partial charge in [-0.05, 0) is 12.1 Å². The molecule has 0 aliphatic heterocycles. The molecule has 0 heterocycles. The Morgan fingerprint density at radius 3 is 2.57 bits per heavy atom. The Labute approximate surface area is 90.2 Å². The molecule has 0 aliphatic carbocycles. The predicted molar refractivity (Wildman–Crippen MR) is 55.9 cm³/mol. The van der Waals surface area contributed by atoms with Gasteiger partial charge in [-0.15, -0.1) is 0 Å². The van der Waals surface area contributed by atoms with E-state index in [1.54, 1.807) is 24.3 Å². The normalized spacial score (nSPS) is 9.57. The molecule has 1 rings (SSSR count). The Bertz CT molecular complexity index is 360. The Hall–Kier alpha value is -1.16. The number of rotatable bonds is 3. The molecular weight excluding hydrogens is 248 g/mol. The Morgan fingerprint density at radius 1 is 1.36 bits per heavy atom. The SMILES string of the molecule is CC(=O)Oc1ccccc1C(=O)CBr. The van der Waals surface area contributed by atoms with Crippen molar-refractivity contribution in [1.29, 1.82) is 0 Å². The number of Topliss-reactive ketones (excluding diaryl/α,β-unsaturated/α-hetero) is 1. The number of para-hydroxylation sites is 1. The topological polar surface area (TPSA) is 43.4 Å². The Balaban J connectivity index is 3.02. The molecule has 14 heavy (non-hydrogen) atoms. The van der Waals surface area contributed by atoms with Gasteiger partial charge in [0.25, 0.3) is 0 Å². The zero-order valence-corrected chi connectivity index (χ0v) is 9.21. The monoisotopic (exact) mass is 256 g/mol. The Morgan fingerprint density at radius 2 is 2.00 bits per heavy atom. The molecule has 0 saturated heterocycles. The molecule has 0 unspecified atom stereocenters. The minimum absolute atomic E-state index is 0.109. The van der Waals surface area contributed by atoms with Crippen LogP contribution in [0, 0.1) is 0 Å². The van der Waals surface area contributed by atoms with E-state index in [2.05, 4.69) is 15.9 Å². The highest BCUT2D eigenvalue weighted by Crippen LogP contribution is 2.19. The summed E-state index contributed by atoms with van der Waals surface area (Å²) in [4.78, 5) is 22.1. The number of carbonyl (C=O) groups is 2. The van der Waals surface area contributed by atoms with E-state index in [0.29, 0.717) is 11.3 Å². The average molecular weight is 257 g/mol. The van der Waals surface area contributed by atoms with Crippen molar-refractivity contribution >= 4 is 27.7 Å². The van der Waals surface area contributed by atoms with Crippen LogP contribution < -0.4 is 4.74 Å². The van der Waals surface area contributed by atoms with Crippen LogP contribution in [0.2, 0.25) is 0 Å². The van der Waals surface area contributed by atoms with Crippen molar-refractivity contribution in [3.05, 3.63) is 29.8 Å². The summed E-state index contributed by atoms with van der Waals surface area (Å²) < 4.78 is 4.89. The maximum atomic E-state index is 11.4. The van der Waals surface area contributed by atoms with Crippen LogP contribution in [-0.4, -0.2) is 17.1 Å². The summed E-state index contributed by atoms with van der Waals surface area (Å²) in [5, 5.41) is 0.214. The minimum atomic E-state index is -0.431. The molecule has 0 aliphatic rings. The lowest BCUT2D eigenvalue weighted by Crippen LogP contribution is -2.08. The average Bonchev–Trinajstić information content (AvgIpc) is 2.16. The first-order valence-electron chi connectivity index (χ1n) is 4.01. The van der Waals surface area contributed by atoms with Crippen molar-refractivity contribution in [1.82, 2.24) is 0 Å². The summed E-state index contributed by atoms with van der Waals surface area (Å²) >= 11 is 3.06. The van der Waals surface area contributed by atoms with Crippen LogP contribution in [0.4, 0.5) is 0 Å². The summed E-state index contributed by atoms with van der Waals surface area (Å²) in [7, 11) is 0. The predicted octanol–water partition coefficient (Wildman–Crippen LogP) is 2.19. The lowest BCUT2D eigenvalue weighted by molar-refractivity contribution is -0.131. The molecule has 1 aromatic carbocycles. The molecule has 0 aromatic heterocycles. The smallest absolute Gasteiger partial charge is 0.308 e. The van der Waals surface area contributed by atoms with E-state index >= 15 is 0 Å². The van der Waals surface area contributed by atoms with Gasteiger partial charge in [0.05, 0.1) is 10.9 Å². The first-order chi connectivity index (χ1) is 6.65. The molecule has 0 spiro atoms. The van der Waals surface area contributed by atoms with Gasteiger partial charge in [0.2, 0.25) is 0 Å². The fourth-order valence-electron chi connectivity index (χ4n) is 1.01. The first kappa shape index (κ1) is 10.9. The van der Waals surface area contributed by atoms with Crippen molar-refractivity contribution < 1.29 is 14.3 Å². The summed E-state index contributed by atoms with van der Waals surface area (Å²) in [5.41, 5.74) is 0.416. The molecule has 0 saturated carbocycles. The van der Waals surface area contributed by atoms with Crippen molar-refractivity contribution in [3.8, 4) is 5.75 Å². The van der Waals surface area contributed by atoms with Crippen molar-refractivity contribution in [2.45, 2.75) is 6.92 Å². The molecule has 0 bridgehead atoms. The Kier molecular flexibility index (Phi) is 3.83. The summed E-state index contributed by atoms with van der Waals surface area (Å²) in [6, 6.07) is 6.66. The van der Waals surface area contributed by atoms with Crippen molar-refractivity contribution in [3.63, 3.8) is 0 Å². The number of carbonyl (C=O) groups excluding carboxylic acids is 2. The molecule has 0 radical (unpaired) electrons. The van der Waals surface area contributed by atoms with Crippen LogP contribution >= 0.6 is 15.9 Å². The van der Waals surface area contributed by atoms with Gasteiger partial charge in [0.15, 0.2) is 5.78 Å². The van der Waals surface area contributed by atoms with Crippen LogP contribution in [-0.2, 0) is 4.79 Å². The van der Waals surface area contributed by atoms with Crippen LogP contribution in [0.1, 0.15) is 17.3 Å². The lowest BCUT2D eigenvalue weighted by Gasteiger charge is -2.05. The van der Waals surface area contributed by atoms with Gasteiger partial charge in [-0.3, -0.25) is 9.59 Å². The van der Waals surface area contributed by atoms with Gasteiger partial charge in [-0.25, -0.2) is 0 Å². The third-order valence-electron chi connectivity index (χ3n) is 1.56. The van der Waals surface area contributed by atoms with Gasteiger partial charge in [-0.2, -0.15) is 0 Å². The van der Waals surface area contributed by atoms with Gasteiger partial charge in [-0.1, -0.05) is 28.1 Å². The fourth-order valence-corrected chi connectivity index (χ4v) is 1.31. The molecule has 0 atom stereocenters. The van der Waals surface area contributed by atoms with E-state index in [1.165, 1.54) is 6.92 Å². The highest BCUT2D eigenvalue weighted by Gasteiger charge is 2.11. The van der Waals surface area contributed by atoms with E-state index in [4.69, 9.17) is 4.74 Å². The van der Waals surface area contributed by atoms with Gasteiger partial charge in [0.1, 0.15) is 5.75 Å². The number of esters is 1. The second kappa shape index (κ2) is 4.91. The van der Waals surface area contributed by atoms with Crippen LogP contribution in [0.25, 0.3) is 0 Å². The number of alkyl halides is 1. The molecule has 3 nitrogen and oxygen atoms in total. The molecule has 1 aromatic rings. The first-order valence-corrected chi connectivity index (χ1v) is 5.14. The van der Waals surface area contributed by atoms with E-state index < -0.39 is 5.97 Å². The molecular formula is C10H9BrO3. The second-order valence-corrected chi connectivity index (χ2v) is 3.21. The third-order valence-corrected chi connectivity index (χ3v) is 2.07. The third kappa shape index (κ3) is 2.67. The highest BCUT2D eigenvalue weighted by atomic mass is 79.9. The maximum absolute atomic E-state index is 11.4. The van der Waals surface area contributed by atoms with Crippen LogP contribution in [0.15, 0.2) is 24.3 Å². The van der Waals surface area contributed by atoms with E-state index in [1.807, 2.05) is 0 Å². The quantitative estimate of drug-likeness (QED) is 0.361. The van der Waals surface area contributed by atoms with Gasteiger partial charge in [0, 0.05) is 6.92 Å². The largest absolute Gasteiger partial charge is 0.426 e. The molecule has 74 valence electrons. The van der Waals surface area contributed by atoms with E-state index in [-0.39, 0.29) is 11.1 Å². The second-order valence-electron chi connectivity index (χ2n) is 2.65. The number of benzene rings is 1. The maximum Gasteiger partial charge on any atom is 0.308 e. The summed E-state index contributed by atoms with van der Waals surface area (Å²) in [6.45, 7) is 1.30. The zero-order chi connectivity index (χ0) is 10.6. The van der Waals surface area contributed by atoms with Crippen molar-refractivity contribution in [2.24, 2.45) is 0 Å². The van der Waals surface area contributed by atoms with Crippen molar-refractivity contribution in [2.75, 3.05) is 5.33 Å². The number of ketones is 1.